The van der Waals surface area contributed by atoms with Gasteiger partial charge in [-0.15, -0.1) is 11.3 Å². The van der Waals surface area contributed by atoms with Crippen LogP contribution in [-0.2, 0) is 0 Å². The van der Waals surface area contributed by atoms with E-state index in [9.17, 15) is 0 Å². The lowest BCUT2D eigenvalue weighted by Gasteiger charge is -2.10. The van der Waals surface area contributed by atoms with Crippen LogP contribution in [-0.4, -0.2) is 0 Å². The fourth-order valence-corrected chi connectivity index (χ4v) is 4.43. The van der Waals surface area contributed by atoms with Crippen LogP contribution in [0.1, 0.15) is 16.0 Å². The summed E-state index contributed by atoms with van der Waals surface area (Å²) >= 11 is 8.00. The third kappa shape index (κ3) is 2.36. The molecule has 0 saturated carbocycles. The van der Waals surface area contributed by atoms with E-state index in [1.54, 1.807) is 0 Å². The van der Waals surface area contributed by atoms with Crippen molar-refractivity contribution in [3.63, 3.8) is 0 Å². The Morgan fingerprint density at radius 1 is 1.06 bits per heavy atom. The smallest absolute Gasteiger partial charge is 0.0659 e. The van der Waals surface area contributed by atoms with Gasteiger partial charge in [0.1, 0.15) is 0 Å². The minimum Gasteiger partial charge on any atom is -0.143 e. The summed E-state index contributed by atoms with van der Waals surface area (Å²) in [5.74, 6) is 0. The van der Waals surface area contributed by atoms with Crippen LogP contribution in [0.4, 0.5) is 0 Å². The maximum absolute atomic E-state index is 3.83. The largest absolute Gasteiger partial charge is 0.143 e. The van der Waals surface area contributed by atoms with Crippen molar-refractivity contribution in [2.45, 2.75) is 4.83 Å². The summed E-state index contributed by atoms with van der Waals surface area (Å²) in [5.41, 5.74) is 2.67. The molecule has 18 heavy (non-hydrogen) atoms. The Balaban J connectivity index is 2.09. The quantitative estimate of drug-likeness (QED) is 0.347. The summed E-state index contributed by atoms with van der Waals surface area (Å²) in [5, 5.41) is 3.60. The molecular formula is C15H10BrIS. The maximum Gasteiger partial charge on any atom is 0.0659 e. The molecule has 0 spiro atoms. The molecule has 3 rings (SSSR count). The number of hydrogen-bond donors (Lipinski definition) is 0. The molecule has 2 aromatic carbocycles. The molecule has 1 heterocycles. The molecule has 0 saturated heterocycles. The summed E-state index contributed by atoms with van der Waals surface area (Å²) in [4.78, 5) is 0.267. The molecule has 3 heteroatoms. The second-order valence-electron chi connectivity index (χ2n) is 4.10. The Kier molecular flexibility index (Phi) is 3.73. The SMILES string of the molecule is BrC(c1cccc(I)c1)c1csc2ccccc12. The number of fused-ring (bicyclic) bond motifs is 1. The van der Waals surface area contributed by atoms with E-state index in [1.807, 2.05) is 11.3 Å². The van der Waals surface area contributed by atoms with Crippen molar-refractivity contribution >= 4 is 59.9 Å². The zero-order chi connectivity index (χ0) is 12.5. The normalized spacial score (nSPS) is 12.8. The molecule has 0 N–H and O–H groups in total. The van der Waals surface area contributed by atoms with Crippen LogP contribution >= 0.6 is 49.9 Å². The Labute approximate surface area is 132 Å². The van der Waals surface area contributed by atoms with E-state index in [-0.39, 0.29) is 4.83 Å². The summed E-state index contributed by atoms with van der Waals surface area (Å²) in [6.45, 7) is 0. The molecule has 1 atom stereocenters. The van der Waals surface area contributed by atoms with Crippen molar-refractivity contribution in [3.05, 3.63) is 68.6 Å². The third-order valence-electron chi connectivity index (χ3n) is 2.93. The number of benzene rings is 2. The lowest BCUT2D eigenvalue weighted by atomic mass is 10.0. The fourth-order valence-electron chi connectivity index (χ4n) is 2.04. The highest BCUT2D eigenvalue weighted by Gasteiger charge is 2.14. The number of thiophene rings is 1. The van der Waals surface area contributed by atoms with Crippen LogP contribution < -0.4 is 0 Å². The molecule has 1 unspecified atom stereocenters. The molecule has 90 valence electrons. The van der Waals surface area contributed by atoms with Gasteiger partial charge in [0.15, 0.2) is 0 Å². The third-order valence-corrected chi connectivity index (χ3v) is 5.60. The molecule has 3 aromatic rings. The summed E-state index contributed by atoms with van der Waals surface area (Å²) in [6, 6.07) is 17.2. The molecule has 0 aliphatic rings. The van der Waals surface area contributed by atoms with E-state index in [0.717, 1.165) is 0 Å². The van der Waals surface area contributed by atoms with Gasteiger partial charge in [-0.25, -0.2) is 0 Å². The van der Waals surface area contributed by atoms with Gasteiger partial charge >= 0.3 is 0 Å². The highest BCUT2D eigenvalue weighted by molar-refractivity contribution is 14.1. The first-order chi connectivity index (χ1) is 8.75. The second-order valence-corrected chi connectivity index (χ2v) is 7.18. The van der Waals surface area contributed by atoms with Gasteiger partial charge in [0.25, 0.3) is 0 Å². The van der Waals surface area contributed by atoms with Gasteiger partial charge in [0.2, 0.25) is 0 Å². The molecule has 0 bridgehead atoms. The van der Waals surface area contributed by atoms with Gasteiger partial charge < -0.3 is 0 Å². The van der Waals surface area contributed by atoms with Crippen LogP contribution in [0.15, 0.2) is 53.9 Å². The van der Waals surface area contributed by atoms with E-state index in [1.165, 1.54) is 24.8 Å². The van der Waals surface area contributed by atoms with Crippen LogP contribution in [0.25, 0.3) is 10.1 Å². The van der Waals surface area contributed by atoms with Crippen LogP contribution in [0, 0.1) is 3.57 Å². The number of rotatable bonds is 2. The zero-order valence-electron chi connectivity index (χ0n) is 9.44. The Bertz CT molecular complexity index is 690. The van der Waals surface area contributed by atoms with E-state index in [0.29, 0.717) is 0 Å². The minimum atomic E-state index is 0.267. The number of alkyl halides is 1. The van der Waals surface area contributed by atoms with Gasteiger partial charge in [-0.2, -0.15) is 0 Å². The fraction of sp³-hybridized carbons (Fsp3) is 0.0667. The van der Waals surface area contributed by atoms with Crippen molar-refractivity contribution in [2.75, 3.05) is 0 Å². The summed E-state index contributed by atoms with van der Waals surface area (Å²) < 4.78 is 2.62. The monoisotopic (exact) mass is 428 g/mol. The molecule has 0 nitrogen and oxygen atoms in total. The van der Waals surface area contributed by atoms with E-state index in [4.69, 9.17) is 0 Å². The average Bonchev–Trinajstić information content (AvgIpc) is 2.82. The molecule has 1 aromatic heterocycles. The maximum atomic E-state index is 3.83. The summed E-state index contributed by atoms with van der Waals surface area (Å²) in [7, 11) is 0. The standard InChI is InChI=1S/C15H10BrIS/c16-15(10-4-3-5-11(17)8-10)13-9-18-14-7-2-1-6-12(13)14/h1-9,15H. The highest BCUT2D eigenvalue weighted by atomic mass is 127. The van der Waals surface area contributed by atoms with Crippen LogP contribution in [0.3, 0.4) is 0 Å². The first kappa shape index (κ1) is 12.6. The first-order valence-electron chi connectivity index (χ1n) is 5.61. The first-order valence-corrected chi connectivity index (χ1v) is 8.49. The van der Waals surface area contributed by atoms with Crippen LogP contribution in [0.5, 0.6) is 0 Å². The van der Waals surface area contributed by atoms with Crippen molar-refractivity contribution in [2.24, 2.45) is 0 Å². The van der Waals surface area contributed by atoms with Crippen molar-refractivity contribution < 1.29 is 0 Å². The Hall–Kier alpha value is -0.390. The van der Waals surface area contributed by atoms with Crippen molar-refractivity contribution in [1.82, 2.24) is 0 Å². The van der Waals surface area contributed by atoms with Gasteiger partial charge in [-0.1, -0.05) is 46.3 Å². The van der Waals surface area contributed by atoms with Gasteiger partial charge in [0, 0.05) is 8.27 Å². The Morgan fingerprint density at radius 2 is 1.89 bits per heavy atom. The molecule has 0 aliphatic carbocycles. The molecule has 0 fully saturated rings. The highest BCUT2D eigenvalue weighted by Crippen LogP contribution is 2.38. The molecule has 0 radical (unpaired) electrons. The van der Waals surface area contributed by atoms with Gasteiger partial charge in [-0.3, -0.25) is 0 Å². The van der Waals surface area contributed by atoms with Crippen LogP contribution in [0.2, 0.25) is 0 Å². The van der Waals surface area contributed by atoms with Gasteiger partial charge in [0.05, 0.1) is 4.83 Å². The van der Waals surface area contributed by atoms with Crippen molar-refractivity contribution in [1.29, 1.82) is 0 Å². The lowest BCUT2D eigenvalue weighted by molar-refractivity contribution is 1.20. The average molecular weight is 429 g/mol. The van der Waals surface area contributed by atoms with Gasteiger partial charge in [-0.05, 0) is 62.7 Å². The zero-order valence-corrected chi connectivity index (χ0v) is 14.0. The molecule has 0 amide bonds. The summed E-state index contributed by atoms with van der Waals surface area (Å²) in [6.07, 6.45) is 0. The Morgan fingerprint density at radius 3 is 2.72 bits per heavy atom. The minimum absolute atomic E-state index is 0.267. The predicted octanol–water partition coefficient (Wildman–Crippen LogP) is 5.99. The predicted molar refractivity (Wildman–Crippen MR) is 91.8 cm³/mol. The van der Waals surface area contributed by atoms with E-state index >= 15 is 0 Å². The van der Waals surface area contributed by atoms with E-state index < -0.39 is 0 Å². The number of halogens is 2. The topological polar surface area (TPSA) is 0 Å². The second kappa shape index (κ2) is 5.31. The van der Waals surface area contributed by atoms with Crippen molar-refractivity contribution in [3.8, 4) is 0 Å². The number of hydrogen-bond acceptors (Lipinski definition) is 1. The molecule has 0 aliphatic heterocycles. The molecular weight excluding hydrogens is 419 g/mol. The lowest BCUT2D eigenvalue weighted by Crippen LogP contribution is -1.91. The van der Waals surface area contributed by atoms with E-state index in [2.05, 4.69) is 92.4 Å².